The van der Waals surface area contributed by atoms with Crippen LogP contribution in [0.4, 0.5) is 4.79 Å². The Hall–Kier alpha value is -3.35. The molecule has 1 heterocycles. The number of hydrogen-bond acceptors (Lipinski definition) is 5. The number of amides is 2. The van der Waals surface area contributed by atoms with Gasteiger partial charge in [-0.25, -0.2) is 4.79 Å². The van der Waals surface area contributed by atoms with Crippen molar-refractivity contribution < 1.29 is 23.9 Å². The topological polar surface area (TPSA) is 84.9 Å². The van der Waals surface area contributed by atoms with Crippen molar-refractivity contribution in [1.29, 1.82) is 0 Å². The van der Waals surface area contributed by atoms with Crippen LogP contribution >= 0.6 is 0 Å². The summed E-state index contributed by atoms with van der Waals surface area (Å²) in [5.74, 6) is -0.397. The minimum absolute atomic E-state index is 0.0976. The second kappa shape index (κ2) is 11.4. The molecule has 4 rings (SSSR count). The Labute approximate surface area is 232 Å². The lowest BCUT2D eigenvalue weighted by molar-refractivity contribution is -0.157. The number of piperidine rings is 1. The normalized spacial score (nSPS) is 16.7. The third kappa shape index (κ3) is 7.00. The van der Waals surface area contributed by atoms with Gasteiger partial charge in [0.25, 0.3) is 0 Å². The Morgan fingerprint density at radius 2 is 1.44 bits per heavy atom. The van der Waals surface area contributed by atoms with Crippen LogP contribution in [0.25, 0.3) is 11.1 Å². The van der Waals surface area contributed by atoms with Crippen molar-refractivity contribution in [3.63, 3.8) is 0 Å². The molecule has 7 nitrogen and oxygen atoms in total. The highest BCUT2D eigenvalue weighted by atomic mass is 16.6. The molecule has 7 heteroatoms. The maximum atomic E-state index is 13.5. The van der Waals surface area contributed by atoms with Crippen molar-refractivity contribution in [1.82, 2.24) is 10.2 Å². The van der Waals surface area contributed by atoms with Crippen molar-refractivity contribution in [2.75, 3.05) is 19.7 Å². The van der Waals surface area contributed by atoms with E-state index in [0.717, 1.165) is 35.1 Å². The molecule has 0 saturated carbocycles. The zero-order valence-electron chi connectivity index (χ0n) is 24.1. The van der Waals surface area contributed by atoms with Gasteiger partial charge in [0.15, 0.2) is 0 Å². The first kappa shape index (κ1) is 28.7. The van der Waals surface area contributed by atoms with Crippen molar-refractivity contribution in [3.8, 4) is 11.1 Å². The quantitative estimate of drug-likeness (QED) is 0.466. The number of carbonyl (C=O) groups is 3. The number of carbonyl (C=O) groups excluding carboxylic acids is 3. The zero-order valence-corrected chi connectivity index (χ0v) is 24.1. The monoisotopic (exact) mass is 534 g/mol. The maximum Gasteiger partial charge on any atom is 0.407 e. The summed E-state index contributed by atoms with van der Waals surface area (Å²) in [7, 11) is 0. The molecule has 1 aliphatic carbocycles. The van der Waals surface area contributed by atoms with E-state index in [9.17, 15) is 14.4 Å². The highest BCUT2D eigenvalue weighted by Crippen LogP contribution is 2.44. The van der Waals surface area contributed by atoms with E-state index in [1.54, 1.807) is 25.7 Å². The van der Waals surface area contributed by atoms with Crippen molar-refractivity contribution >= 4 is 18.0 Å². The van der Waals surface area contributed by atoms with Crippen LogP contribution in [0.2, 0.25) is 0 Å². The van der Waals surface area contributed by atoms with Gasteiger partial charge < -0.3 is 19.7 Å². The number of ether oxygens (including phenoxy) is 2. The zero-order chi connectivity index (χ0) is 28.4. The van der Waals surface area contributed by atoms with Crippen LogP contribution in [0, 0.1) is 11.3 Å². The number of rotatable bonds is 6. The smallest absolute Gasteiger partial charge is 0.407 e. The third-order valence-electron chi connectivity index (χ3n) is 7.76. The molecule has 1 N–H and O–H groups in total. The van der Waals surface area contributed by atoms with Crippen molar-refractivity contribution in [3.05, 3.63) is 59.7 Å². The number of benzene rings is 2. The lowest BCUT2D eigenvalue weighted by Gasteiger charge is -2.39. The largest absolute Gasteiger partial charge is 0.460 e. The van der Waals surface area contributed by atoms with Gasteiger partial charge in [-0.05, 0) is 67.2 Å². The van der Waals surface area contributed by atoms with Crippen LogP contribution in [-0.2, 0) is 19.1 Å². The molecule has 0 unspecified atom stereocenters. The van der Waals surface area contributed by atoms with E-state index >= 15 is 0 Å². The lowest BCUT2D eigenvalue weighted by atomic mass is 9.75. The summed E-state index contributed by atoms with van der Waals surface area (Å²) >= 11 is 0. The lowest BCUT2D eigenvalue weighted by Crippen LogP contribution is -2.52. The van der Waals surface area contributed by atoms with Crippen LogP contribution in [0.1, 0.15) is 77.8 Å². The highest BCUT2D eigenvalue weighted by molar-refractivity contribution is 5.90. The van der Waals surface area contributed by atoms with Gasteiger partial charge in [-0.2, -0.15) is 0 Å². The molecule has 1 atom stereocenters. The van der Waals surface area contributed by atoms with E-state index in [2.05, 4.69) is 50.4 Å². The van der Waals surface area contributed by atoms with Crippen LogP contribution in [0.3, 0.4) is 0 Å². The third-order valence-corrected chi connectivity index (χ3v) is 7.76. The molecule has 0 spiro atoms. The Balaban J connectivity index is 1.43. The van der Waals surface area contributed by atoms with Gasteiger partial charge in [-0.3, -0.25) is 9.59 Å². The molecule has 1 aliphatic heterocycles. The second-order valence-corrected chi connectivity index (χ2v) is 12.8. The first-order chi connectivity index (χ1) is 18.3. The molecule has 0 radical (unpaired) electrons. The van der Waals surface area contributed by atoms with E-state index in [4.69, 9.17) is 9.47 Å². The van der Waals surface area contributed by atoms with Crippen LogP contribution < -0.4 is 5.32 Å². The van der Waals surface area contributed by atoms with Crippen LogP contribution in [0.15, 0.2) is 48.5 Å². The Morgan fingerprint density at radius 1 is 0.897 bits per heavy atom. The van der Waals surface area contributed by atoms with Gasteiger partial charge in [-0.15, -0.1) is 0 Å². The number of fused-ring (bicyclic) bond motifs is 3. The summed E-state index contributed by atoms with van der Waals surface area (Å²) in [6.45, 7) is 13.3. The average Bonchev–Trinajstić information content (AvgIpc) is 3.19. The molecule has 1 saturated heterocycles. The Kier molecular flexibility index (Phi) is 8.38. The maximum absolute atomic E-state index is 13.5. The minimum atomic E-state index is -1.05. The number of hydrogen-bond donors (Lipinski definition) is 1. The van der Waals surface area contributed by atoms with Gasteiger partial charge in [0.1, 0.15) is 18.2 Å². The summed E-state index contributed by atoms with van der Waals surface area (Å²) < 4.78 is 11.1. The van der Waals surface area contributed by atoms with Gasteiger partial charge in [0.05, 0.1) is 6.42 Å². The number of alkyl carbamates (subject to hydrolysis) is 1. The standard InChI is InChI=1S/C32H42N2O5/c1-31(2,3)21-15-17-34(18-16-21)29(36)27(19-28(35)39-32(4,5)6)33-30(37)38-20-26-24-13-9-7-11-22(24)23-12-8-10-14-25(23)26/h7-14,21,26-27H,15-20H2,1-6H3,(H,33,37)/t27-/m0/s1. The molecule has 0 bridgehead atoms. The van der Waals surface area contributed by atoms with Crippen molar-refractivity contribution in [2.24, 2.45) is 11.3 Å². The van der Waals surface area contributed by atoms with E-state index in [-0.39, 0.29) is 30.3 Å². The summed E-state index contributed by atoms with van der Waals surface area (Å²) in [4.78, 5) is 41.0. The van der Waals surface area contributed by atoms with Crippen LogP contribution in [-0.4, -0.2) is 54.2 Å². The molecule has 2 amide bonds. The van der Waals surface area contributed by atoms with Crippen molar-refractivity contribution in [2.45, 2.75) is 78.4 Å². The fraction of sp³-hybridized carbons (Fsp3) is 0.531. The number of nitrogens with one attached hydrogen (secondary N) is 1. The van der Waals surface area contributed by atoms with Gasteiger partial charge >= 0.3 is 12.1 Å². The first-order valence-corrected chi connectivity index (χ1v) is 14.0. The van der Waals surface area contributed by atoms with E-state index in [1.807, 2.05) is 24.3 Å². The molecule has 210 valence electrons. The first-order valence-electron chi connectivity index (χ1n) is 14.0. The van der Waals surface area contributed by atoms with E-state index < -0.39 is 23.7 Å². The molecule has 39 heavy (non-hydrogen) atoms. The van der Waals surface area contributed by atoms with Gasteiger partial charge in [0, 0.05) is 19.0 Å². The molecule has 2 aromatic carbocycles. The Morgan fingerprint density at radius 3 is 1.95 bits per heavy atom. The summed E-state index contributed by atoms with van der Waals surface area (Å²) in [6, 6.07) is 15.2. The summed E-state index contributed by atoms with van der Waals surface area (Å²) in [5.41, 5.74) is 3.96. The molecule has 0 aromatic heterocycles. The number of nitrogens with zero attached hydrogens (tertiary/aromatic N) is 1. The minimum Gasteiger partial charge on any atom is -0.460 e. The molecule has 2 aliphatic rings. The second-order valence-electron chi connectivity index (χ2n) is 12.8. The SMILES string of the molecule is CC(C)(C)OC(=O)C[C@H](NC(=O)OCC1c2ccccc2-c2ccccc21)C(=O)N1CCC(C(C)(C)C)CC1. The Bertz CT molecular complexity index is 1160. The fourth-order valence-corrected chi connectivity index (χ4v) is 5.72. The molecular weight excluding hydrogens is 492 g/mol. The fourth-order valence-electron chi connectivity index (χ4n) is 5.72. The van der Waals surface area contributed by atoms with Crippen LogP contribution in [0.5, 0.6) is 0 Å². The predicted molar refractivity (Wildman–Crippen MR) is 151 cm³/mol. The van der Waals surface area contributed by atoms with Gasteiger partial charge in [0.2, 0.25) is 5.91 Å². The molecular formula is C32H42N2O5. The van der Waals surface area contributed by atoms with E-state index in [1.165, 1.54) is 0 Å². The summed E-state index contributed by atoms with van der Waals surface area (Å²) in [5, 5.41) is 2.69. The molecule has 2 aromatic rings. The number of esters is 1. The predicted octanol–water partition coefficient (Wildman–Crippen LogP) is 5.91. The summed E-state index contributed by atoms with van der Waals surface area (Å²) in [6.07, 6.45) is 0.807. The number of likely N-dealkylation sites (tertiary alicyclic amines) is 1. The van der Waals surface area contributed by atoms with Gasteiger partial charge in [-0.1, -0.05) is 69.3 Å². The van der Waals surface area contributed by atoms with E-state index in [0.29, 0.717) is 19.0 Å². The average molecular weight is 535 g/mol. The highest BCUT2D eigenvalue weighted by Gasteiger charge is 2.36. The molecule has 1 fully saturated rings.